The lowest BCUT2D eigenvalue weighted by atomic mass is 10.2. The molecule has 0 unspecified atom stereocenters. The van der Waals surface area contributed by atoms with Gasteiger partial charge in [0.15, 0.2) is 0 Å². The fourth-order valence-electron chi connectivity index (χ4n) is 0.812. The van der Waals surface area contributed by atoms with Crippen LogP contribution < -0.4 is 0 Å². The van der Waals surface area contributed by atoms with Gasteiger partial charge in [-0.25, -0.2) is 4.79 Å². The molecule has 68 valence electrons. The molecule has 0 saturated carbocycles. The van der Waals surface area contributed by atoms with E-state index in [9.17, 15) is 4.79 Å². The number of hydrogen-bond acceptors (Lipinski definition) is 4. The Balaban J connectivity index is 2.85. The molecule has 1 heterocycles. The molecule has 13 heavy (non-hydrogen) atoms. The zero-order valence-corrected chi connectivity index (χ0v) is 7.52. The van der Waals surface area contributed by atoms with Gasteiger partial charge in [-0.1, -0.05) is 0 Å². The molecule has 0 amide bonds. The van der Waals surface area contributed by atoms with Gasteiger partial charge in [0.05, 0.1) is 19.0 Å². The molecule has 1 aromatic heterocycles. The number of carbonyl (C=O) groups is 1. The third-order valence-electron chi connectivity index (χ3n) is 1.50. The fraction of sp³-hybridized carbons (Fsp3) is 0.222. The Bertz CT molecular complexity index is 320. The van der Waals surface area contributed by atoms with Crippen LogP contribution in [0.2, 0.25) is 0 Å². The van der Waals surface area contributed by atoms with Crippen molar-refractivity contribution < 1.29 is 9.53 Å². The highest BCUT2D eigenvalue weighted by Crippen LogP contribution is 2.07. The Morgan fingerprint density at radius 1 is 1.54 bits per heavy atom. The maximum Gasteiger partial charge on any atom is 0.330 e. The number of methoxy groups -OCH3 is 1. The Morgan fingerprint density at radius 3 is 2.85 bits per heavy atom. The van der Waals surface area contributed by atoms with E-state index >= 15 is 0 Å². The number of esters is 1. The lowest BCUT2D eigenvalue weighted by Gasteiger charge is -1.97. The molecule has 0 radical (unpaired) electrons. The van der Waals surface area contributed by atoms with Gasteiger partial charge in [-0.05, 0) is 12.5 Å². The fourth-order valence-corrected chi connectivity index (χ4v) is 0.812. The number of hydrogen-bond donors (Lipinski definition) is 0. The molecule has 1 aromatic rings. The average molecular weight is 178 g/mol. The summed E-state index contributed by atoms with van der Waals surface area (Å²) in [6, 6.07) is 0. The van der Waals surface area contributed by atoms with E-state index in [4.69, 9.17) is 0 Å². The third kappa shape index (κ3) is 2.66. The minimum Gasteiger partial charge on any atom is -0.466 e. The van der Waals surface area contributed by atoms with Gasteiger partial charge in [-0.3, -0.25) is 9.97 Å². The second kappa shape index (κ2) is 4.35. The molecule has 0 aromatic carbocycles. The standard InChI is InChI=1S/C9H10N2O2/c1-7(5-9(12)13-2)8-6-10-3-4-11-8/h3-6H,1-2H3/b7-5-. The number of rotatable bonds is 2. The van der Waals surface area contributed by atoms with Crippen LogP contribution in [0.1, 0.15) is 12.6 Å². The summed E-state index contributed by atoms with van der Waals surface area (Å²) in [6.45, 7) is 1.78. The van der Waals surface area contributed by atoms with Gasteiger partial charge in [0, 0.05) is 18.5 Å². The molecule has 4 heteroatoms. The normalized spacial score (nSPS) is 11.1. The quantitative estimate of drug-likeness (QED) is 0.501. The van der Waals surface area contributed by atoms with Crippen molar-refractivity contribution in [3.8, 4) is 0 Å². The number of carbonyl (C=O) groups excluding carboxylic acids is 1. The van der Waals surface area contributed by atoms with Crippen LogP contribution in [-0.4, -0.2) is 23.0 Å². The molecule has 0 atom stereocenters. The van der Waals surface area contributed by atoms with Gasteiger partial charge in [-0.2, -0.15) is 0 Å². The molecular weight excluding hydrogens is 168 g/mol. The number of ether oxygens (including phenoxy) is 1. The lowest BCUT2D eigenvalue weighted by molar-refractivity contribution is -0.134. The molecule has 0 spiro atoms. The van der Waals surface area contributed by atoms with Gasteiger partial charge in [-0.15, -0.1) is 0 Å². The van der Waals surface area contributed by atoms with Crippen LogP contribution in [0, 0.1) is 0 Å². The van der Waals surface area contributed by atoms with Crippen LogP contribution in [0.3, 0.4) is 0 Å². The highest BCUT2D eigenvalue weighted by molar-refractivity contribution is 5.90. The molecule has 0 aliphatic carbocycles. The van der Waals surface area contributed by atoms with Gasteiger partial charge < -0.3 is 4.74 Å². The summed E-state index contributed by atoms with van der Waals surface area (Å²) < 4.78 is 4.48. The average Bonchev–Trinajstić information content (AvgIpc) is 2.19. The number of allylic oxidation sites excluding steroid dienone is 1. The maximum atomic E-state index is 10.8. The van der Waals surface area contributed by atoms with E-state index in [1.807, 2.05) is 0 Å². The Morgan fingerprint density at radius 2 is 2.31 bits per heavy atom. The largest absolute Gasteiger partial charge is 0.466 e. The topological polar surface area (TPSA) is 52.1 Å². The van der Waals surface area contributed by atoms with Gasteiger partial charge in [0.1, 0.15) is 0 Å². The number of aromatic nitrogens is 2. The molecule has 0 saturated heterocycles. The summed E-state index contributed by atoms with van der Waals surface area (Å²) in [5.74, 6) is -0.386. The lowest BCUT2D eigenvalue weighted by Crippen LogP contribution is -1.96. The van der Waals surface area contributed by atoms with Gasteiger partial charge >= 0.3 is 5.97 Å². The number of nitrogens with zero attached hydrogens (tertiary/aromatic N) is 2. The van der Waals surface area contributed by atoms with E-state index in [1.54, 1.807) is 25.5 Å². The van der Waals surface area contributed by atoms with Crippen molar-refractivity contribution in [2.24, 2.45) is 0 Å². The van der Waals surface area contributed by atoms with Gasteiger partial charge in [0.25, 0.3) is 0 Å². The Labute approximate surface area is 76.3 Å². The first-order valence-electron chi connectivity index (χ1n) is 3.76. The van der Waals surface area contributed by atoms with Crippen molar-refractivity contribution in [3.63, 3.8) is 0 Å². The molecule has 0 N–H and O–H groups in total. The molecule has 0 aliphatic rings. The summed E-state index contributed by atoms with van der Waals surface area (Å²) in [4.78, 5) is 18.8. The van der Waals surface area contributed by atoms with Crippen molar-refractivity contribution >= 4 is 11.5 Å². The SMILES string of the molecule is COC(=O)/C=C(/C)c1cnccn1. The first-order valence-corrected chi connectivity index (χ1v) is 3.76. The first kappa shape index (κ1) is 9.38. The van der Waals surface area contributed by atoms with Crippen molar-refractivity contribution in [3.05, 3.63) is 30.4 Å². The van der Waals surface area contributed by atoms with Crippen molar-refractivity contribution in [2.75, 3.05) is 7.11 Å². The van der Waals surface area contributed by atoms with Crippen molar-refractivity contribution in [1.29, 1.82) is 0 Å². The summed E-state index contributed by atoms with van der Waals surface area (Å²) in [6.07, 6.45) is 6.12. The predicted octanol–water partition coefficient (Wildman–Crippen LogP) is 1.05. The maximum absolute atomic E-state index is 10.8. The van der Waals surface area contributed by atoms with Crippen LogP contribution in [0.25, 0.3) is 5.57 Å². The van der Waals surface area contributed by atoms with Crippen LogP contribution in [0.4, 0.5) is 0 Å². The smallest absolute Gasteiger partial charge is 0.330 e. The molecule has 0 bridgehead atoms. The summed E-state index contributed by atoms with van der Waals surface area (Å²) in [5, 5.41) is 0. The highest BCUT2D eigenvalue weighted by atomic mass is 16.5. The minimum atomic E-state index is -0.386. The third-order valence-corrected chi connectivity index (χ3v) is 1.50. The summed E-state index contributed by atoms with van der Waals surface area (Å²) in [7, 11) is 1.34. The predicted molar refractivity (Wildman–Crippen MR) is 47.7 cm³/mol. The zero-order chi connectivity index (χ0) is 9.68. The van der Waals surface area contributed by atoms with E-state index in [2.05, 4.69) is 14.7 Å². The molecule has 0 aliphatic heterocycles. The van der Waals surface area contributed by atoms with E-state index in [1.165, 1.54) is 13.2 Å². The van der Waals surface area contributed by atoms with Crippen LogP contribution in [0.15, 0.2) is 24.7 Å². The second-order valence-electron chi connectivity index (χ2n) is 2.44. The van der Waals surface area contributed by atoms with Crippen molar-refractivity contribution in [1.82, 2.24) is 9.97 Å². The minimum absolute atomic E-state index is 0.386. The van der Waals surface area contributed by atoms with Crippen LogP contribution >= 0.6 is 0 Å². The molecule has 4 nitrogen and oxygen atoms in total. The summed E-state index contributed by atoms with van der Waals surface area (Å²) in [5.41, 5.74) is 1.41. The van der Waals surface area contributed by atoms with Crippen molar-refractivity contribution in [2.45, 2.75) is 6.92 Å². The van der Waals surface area contributed by atoms with Gasteiger partial charge in [0.2, 0.25) is 0 Å². The molecular formula is C9H10N2O2. The first-order chi connectivity index (χ1) is 6.24. The van der Waals surface area contributed by atoms with E-state index in [0.717, 1.165) is 5.57 Å². The van der Waals surface area contributed by atoms with E-state index in [0.29, 0.717) is 5.69 Å². The zero-order valence-electron chi connectivity index (χ0n) is 7.52. The highest BCUT2D eigenvalue weighted by Gasteiger charge is 1.99. The monoisotopic (exact) mass is 178 g/mol. The van der Waals surface area contributed by atoms with Crippen LogP contribution in [-0.2, 0) is 9.53 Å². The summed E-state index contributed by atoms with van der Waals surface area (Å²) >= 11 is 0. The molecule has 0 fully saturated rings. The Kier molecular flexibility index (Phi) is 3.14. The molecule has 1 rings (SSSR count). The Hall–Kier alpha value is -1.71. The van der Waals surface area contributed by atoms with E-state index < -0.39 is 0 Å². The van der Waals surface area contributed by atoms with E-state index in [-0.39, 0.29) is 5.97 Å². The second-order valence-corrected chi connectivity index (χ2v) is 2.44. The van der Waals surface area contributed by atoms with Crippen LogP contribution in [0.5, 0.6) is 0 Å².